The van der Waals surface area contributed by atoms with Crippen molar-refractivity contribution in [2.75, 3.05) is 24.6 Å². The Kier molecular flexibility index (Phi) is 5.75. The largest absolute Gasteiger partial charge is 0.376 e. The number of anilines is 1. The van der Waals surface area contributed by atoms with E-state index >= 15 is 0 Å². The zero-order valence-electron chi connectivity index (χ0n) is 12.4. The van der Waals surface area contributed by atoms with Gasteiger partial charge in [0, 0.05) is 25.4 Å². The lowest BCUT2D eigenvalue weighted by molar-refractivity contribution is -0.128. The van der Waals surface area contributed by atoms with Gasteiger partial charge >= 0.3 is 0 Å². The van der Waals surface area contributed by atoms with Crippen LogP contribution in [0, 0.1) is 0 Å². The quantitative estimate of drug-likeness (QED) is 0.812. The molecule has 5 nitrogen and oxygen atoms in total. The maximum absolute atomic E-state index is 12.2. The molecule has 2 amide bonds. The van der Waals surface area contributed by atoms with E-state index in [0.717, 1.165) is 25.1 Å². The molecule has 1 aromatic carbocycles. The molecule has 1 saturated heterocycles. The summed E-state index contributed by atoms with van der Waals surface area (Å²) in [5.74, 6) is -0.432. The number of hydrogen-bond donors (Lipinski definition) is 1. The minimum Gasteiger partial charge on any atom is -0.376 e. The van der Waals surface area contributed by atoms with Crippen LogP contribution in [0.25, 0.3) is 0 Å². The Bertz CT molecular complexity index is 470. The Hall–Kier alpha value is -1.88. The summed E-state index contributed by atoms with van der Waals surface area (Å²) in [7, 11) is 0. The van der Waals surface area contributed by atoms with Crippen LogP contribution in [0.5, 0.6) is 0 Å². The van der Waals surface area contributed by atoms with Crippen molar-refractivity contribution in [3.05, 3.63) is 30.3 Å². The van der Waals surface area contributed by atoms with Crippen LogP contribution in [0.3, 0.4) is 0 Å². The van der Waals surface area contributed by atoms with Crippen LogP contribution in [0.4, 0.5) is 5.69 Å². The van der Waals surface area contributed by atoms with E-state index in [4.69, 9.17) is 4.74 Å². The van der Waals surface area contributed by atoms with Gasteiger partial charge in [-0.1, -0.05) is 18.2 Å². The highest BCUT2D eigenvalue weighted by Gasteiger charge is 2.20. The molecular weight excluding hydrogens is 268 g/mol. The van der Waals surface area contributed by atoms with Crippen molar-refractivity contribution in [1.29, 1.82) is 0 Å². The van der Waals surface area contributed by atoms with E-state index in [1.807, 2.05) is 37.3 Å². The van der Waals surface area contributed by atoms with E-state index in [1.165, 1.54) is 0 Å². The molecule has 1 aliphatic heterocycles. The Morgan fingerprint density at radius 2 is 2.10 bits per heavy atom. The zero-order valence-corrected chi connectivity index (χ0v) is 12.4. The molecule has 1 aromatic rings. The van der Waals surface area contributed by atoms with Gasteiger partial charge in [0.2, 0.25) is 11.8 Å². The van der Waals surface area contributed by atoms with Crippen LogP contribution in [0.2, 0.25) is 0 Å². The van der Waals surface area contributed by atoms with Gasteiger partial charge < -0.3 is 15.0 Å². The predicted octanol–water partition coefficient (Wildman–Crippen LogP) is 1.72. The van der Waals surface area contributed by atoms with Crippen molar-refractivity contribution < 1.29 is 14.3 Å². The summed E-state index contributed by atoms with van der Waals surface area (Å²) >= 11 is 0. The molecule has 0 bridgehead atoms. The number of benzene rings is 1. The average Bonchev–Trinajstić information content (AvgIpc) is 3.00. The van der Waals surface area contributed by atoms with Crippen molar-refractivity contribution in [1.82, 2.24) is 5.32 Å². The highest BCUT2D eigenvalue weighted by Crippen LogP contribution is 2.14. The van der Waals surface area contributed by atoms with E-state index in [0.29, 0.717) is 13.1 Å². The Morgan fingerprint density at radius 3 is 2.71 bits per heavy atom. The second-order valence-electron chi connectivity index (χ2n) is 5.09. The fraction of sp³-hybridized carbons (Fsp3) is 0.500. The van der Waals surface area contributed by atoms with Gasteiger partial charge in [0.15, 0.2) is 0 Å². The standard InChI is InChI=1S/C16H22N2O3/c1-2-18(13-7-4-3-5-8-13)16(20)11-15(19)17-12-14-9-6-10-21-14/h3-5,7-8,14H,2,6,9-12H2,1H3,(H,17,19). The van der Waals surface area contributed by atoms with Gasteiger partial charge in [-0.2, -0.15) is 0 Å². The number of carbonyl (C=O) groups is 2. The van der Waals surface area contributed by atoms with E-state index < -0.39 is 0 Å². The molecule has 1 heterocycles. The smallest absolute Gasteiger partial charge is 0.236 e. The first kappa shape index (κ1) is 15.5. The molecule has 1 fully saturated rings. The van der Waals surface area contributed by atoms with E-state index in [1.54, 1.807) is 4.90 Å². The monoisotopic (exact) mass is 290 g/mol. The summed E-state index contributed by atoms with van der Waals surface area (Å²) in [5, 5.41) is 2.77. The number of rotatable bonds is 6. The number of hydrogen-bond acceptors (Lipinski definition) is 3. The minimum absolute atomic E-state index is 0.0976. The van der Waals surface area contributed by atoms with Gasteiger partial charge in [-0.15, -0.1) is 0 Å². The number of amides is 2. The Morgan fingerprint density at radius 1 is 1.33 bits per heavy atom. The summed E-state index contributed by atoms with van der Waals surface area (Å²) in [6, 6.07) is 9.39. The first-order valence-electron chi connectivity index (χ1n) is 7.44. The van der Waals surface area contributed by atoms with Crippen LogP contribution in [0.15, 0.2) is 30.3 Å². The SMILES string of the molecule is CCN(C(=O)CC(=O)NCC1CCCO1)c1ccccc1. The fourth-order valence-electron chi connectivity index (χ4n) is 2.44. The van der Waals surface area contributed by atoms with Gasteiger partial charge in [0.05, 0.1) is 6.10 Å². The summed E-state index contributed by atoms with van der Waals surface area (Å²) in [4.78, 5) is 25.7. The molecule has 21 heavy (non-hydrogen) atoms. The number of carbonyl (C=O) groups excluding carboxylic acids is 2. The summed E-state index contributed by atoms with van der Waals surface area (Å²) < 4.78 is 5.44. The topological polar surface area (TPSA) is 58.6 Å². The molecule has 2 rings (SSSR count). The van der Waals surface area contributed by atoms with Gasteiger partial charge in [-0.05, 0) is 31.9 Å². The summed E-state index contributed by atoms with van der Waals surface area (Å²) in [5.41, 5.74) is 0.817. The Balaban J connectivity index is 1.82. The maximum Gasteiger partial charge on any atom is 0.236 e. The van der Waals surface area contributed by atoms with Crippen LogP contribution in [-0.2, 0) is 14.3 Å². The van der Waals surface area contributed by atoms with Crippen molar-refractivity contribution in [3.63, 3.8) is 0 Å². The van der Waals surface area contributed by atoms with E-state index in [-0.39, 0.29) is 24.3 Å². The number of nitrogens with one attached hydrogen (secondary N) is 1. The second-order valence-corrected chi connectivity index (χ2v) is 5.09. The van der Waals surface area contributed by atoms with Crippen molar-refractivity contribution in [2.45, 2.75) is 32.3 Å². The van der Waals surface area contributed by atoms with Gasteiger partial charge in [0.1, 0.15) is 6.42 Å². The van der Waals surface area contributed by atoms with Gasteiger partial charge in [-0.25, -0.2) is 0 Å². The van der Waals surface area contributed by atoms with Crippen molar-refractivity contribution in [3.8, 4) is 0 Å². The number of nitrogens with zero attached hydrogens (tertiary/aromatic N) is 1. The number of para-hydroxylation sites is 1. The molecule has 0 radical (unpaired) electrons. The number of ether oxygens (including phenoxy) is 1. The summed E-state index contributed by atoms with van der Waals surface area (Å²) in [6.07, 6.45) is 1.98. The van der Waals surface area contributed by atoms with Gasteiger partial charge in [0.25, 0.3) is 0 Å². The molecule has 114 valence electrons. The minimum atomic E-state index is -0.245. The lowest BCUT2D eigenvalue weighted by Crippen LogP contribution is -2.38. The van der Waals surface area contributed by atoms with E-state index in [9.17, 15) is 9.59 Å². The van der Waals surface area contributed by atoms with Crippen LogP contribution in [0.1, 0.15) is 26.2 Å². The lowest BCUT2D eigenvalue weighted by atomic mass is 10.2. The molecule has 1 N–H and O–H groups in total. The molecule has 0 aliphatic carbocycles. The van der Waals surface area contributed by atoms with Crippen LogP contribution < -0.4 is 10.2 Å². The second kappa shape index (κ2) is 7.78. The third kappa shape index (κ3) is 4.56. The fourth-order valence-corrected chi connectivity index (χ4v) is 2.44. The molecule has 1 atom stereocenters. The predicted molar refractivity (Wildman–Crippen MR) is 81.1 cm³/mol. The molecule has 0 spiro atoms. The lowest BCUT2D eigenvalue weighted by Gasteiger charge is -2.21. The van der Waals surface area contributed by atoms with Crippen molar-refractivity contribution >= 4 is 17.5 Å². The first-order chi connectivity index (χ1) is 10.2. The zero-order chi connectivity index (χ0) is 15.1. The van der Waals surface area contributed by atoms with Crippen LogP contribution in [-0.4, -0.2) is 37.6 Å². The van der Waals surface area contributed by atoms with Crippen LogP contribution >= 0.6 is 0 Å². The van der Waals surface area contributed by atoms with E-state index in [2.05, 4.69) is 5.32 Å². The molecule has 1 aliphatic rings. The van der Waals surface area contributed by atoms with Crippen molar-refractivity contribution in [2.24, 2.45) is 0 Å². The molecule has 5 heteroatoms. The third-order valence-corrected chi connectivity index (χ3v) is 3.55. The highest BCUT2D eigenvalue weighted by atomic mass is 16.5. The molecule has 0 aromatic heterocycles. The normalized spacial score (nSPS) is 17.5. The molecule has 0 saturated carbocycles. The summed E-state index contributed by atoms with van der Waals surface area (Å²) in [6.45, 7) is 3.69. The Labute approximate surface area is 125 Å². The first-order valence-corrected chi connectivity index (χ1v) is 7.44. The molecular formula is C16H22N2O3. The third-order valence-electron chi connectivity index (χ3n) is 3.55. The van der Waals surface area contributed by atoms with Gasteiger partial charge in [-0.3, -0.25) is 9.59 Å². The maximum atomic E-state index is 12.2. The molecule has 1 unspecified atom stereocenters. The highest BCUT2D eigenvalue weighted by molar-refractivity contribution is 6.04. The average molecular weight is 290 g/mol.